The number of allylic oxidation sites excluding steroid dienone is 1. The molecule has 0 saturated heterocycles. The van der Waals surface area contributed by atoms with E-state index in [9.17, 15) is 0 Å². The minimum atomic E-state index is 0.0154. The molecule has 0 aliphatic rings. The second-order valence-corrected chi connectivity index (χ2v) is 3.18. The molecule has 1 unspecified atom stereocenters. The predicted octanol–water partition coefficient (Wildman–Crippen LogP) is 3.20. The molecule has 81 valence electrons. The number of rotatable bonds is 5. The molecule has 1 rings (SSSR count). The van der Waals surface area contributed by atoms with Gasteiger partial charge in [0.2, 0.25) is 0 Å². The van der Waals surface area contributed by atoms with Crippen LogP contribution >= 0.6 is 0 Å². The van der Waals surface area contributed by atoms with Crippen LogP contribution in [-0.2, 0) is 0 Å². The summed E-state index contributed by atoms with van der Waals surface area (Å²) < 4.78 is 10.7. The summed E-state index contributed by atoms with van der Waals surface area (Å²) >= 11 is 0. The average molecular weight is 205 g/mol. The zero-order valence-corrected chi connectivity index (χ0v) is 9.32. The van der Waals surface area contributed by atoms with Gasteiger partial charge in [0.05, 0.1) is 13.7 Å². The minimum absolute atomic E-state index is 0.0154. The Kier molecular flexibility index (Phi) is 4.22. The highest BCUT2D eigenvalue weighted by Gasteiger charge is 2.10. The summed E-state index contributed by atoms with van der Waals surface area (Å²) in [6, 6.07) is 5.72. The third-order valence-electron chi connectivity index (χ3n) is 2.20. The predicted molar refractivity (Wildman–Crippen MR) is 62.5 cm³/mol. The van der Waals surface area contributed by atoms with Crippen molar-refractivity contribution in [3.05, 3.63) is 43.3 Å². The summed E-state index contributed by atoms with van der Waals surface area (Å²) in [4.78, 5) is 0. The van der Waals surface area contributed by atoms with Crippen molar-refractivity contribution in [2.45, 2.75) is 12.8 Å². The lowest BCUT2D eigenvalue weighted by Crippen LogP contribution is -1.99. The maximum absolute atomic E-state index is 5.52. The van der Waals surface area contributed by atoms with Crippen LogP contribution in [-0.4, -0.2) is 13.7 Å². The molecule has 0 amide bonds. The molecular formula is C13H17O2. The molecule has 0 spiro atoms. The molecule has 1 aromatic carbocycles. The topological polar surface area (TPSA) is 18.5 Å². The van der Waals surface area contributed by atoms with E-state index in [4.69, 9.17) is 9.47 Å². The van der Waals surface area contributed by atoms with Crippen molar-refractivity contribution >= 4 is 0 Å². The van der Waals surface area contributed by atoms with Crippen molar-refractivity contribution in [2.75, 3.05) is 13.7 Å². The monoisotopic (exact) mass is 205 g/mol. The molecule has 0 aliphatic carbocycles. The summed E-state index contributed by atoms with van der Waals surface area (Å²) in [6.45, 7) is 10.3. The van der Waals surface area contributed by atoms with E-state index < -0.39 is 0 Å². The zero-order chi connectivity index (χ0) is 11.3. The molecule has 2 heteroatoms. The summed E-state index contributed by atoms with van der Waals surface area (Å²) in [6.07, 6.45) is 1.79. The first-order chi connectivity index (χ1) is 7.22. The van der Waals surface area contributed by atoms with E-state index in [-0.39, 0.29) is 5.92 Å². The van der Waals surface area contributed by atoms with Gasteiger partial charge in [-0.05, 0) is 32.0 Å². The fourth-order valence-corrected chi connectivity index (χ4v) is 1.36. The lowest BCUT2D eigenvalue weighted by atomic mass is 10.00. The highest BCUT2D eigenvalue weighted by molar-refractivity contribution is 5.44. The Morgan fingerprint density at radius 3 is 2.73 bits per heavy atom. The van der Waals surface area contributed by atoms with E-state index >= 15 is 0 Å². The molecule has 1 radical (unpaired) electrons. The number of ether oxygens (including phenoxy) is 2. The molecular weight excluding hydrogens is 188 g/mol. The van der Waals surface area contributed by atoms with Gasteiger partial charge in [0.1, 0.15) is 11.5 Å². The Bertz CT molecular complexity index is 331. The van der Waals surface area contributed by atoms with Crippen LogP contribution in [0.3, 0.4) is 0 Å². The summed E-state index contributed by atoms with van der Waals surface area (Å²) in [5.74, 6) is 1.67. The molecule has 0 fully saturated rings. The van der Waals surface area contributed by atoms with Gasteiger partial charge in [0.15, 0.2) is 0 Å². The van der Waals surface area contributed by atoms with Gasteiger partial charge in [-0.3, -0.25) is 0 Å². The Hall–Kier alpha value is -1.44. The van der Waals surface area contributed by atoms with E-state index in [1.807, 2.05) is 25.1 Å². The van der Waals surface area contributed by atoms with Crippen molar-refractivity contribution in [1.29, 1.82) is 0 Å². The third-order valence-corrected chi connectivity index (χ3v) is 2.20. The second kappa shape index (κ2) is 5.44. The van der Waals surface area contributed by atoms with Crippen LogP contribution in [0.15, 0.2) is 30.9 Å². The Balaban J connectivity index is 3.09. The molecule has 0 saturated carbocycles. The number of benzene rings is 1. The van der Waals surface area contributed by atoms with E-state index in [1.54, 1.807) is 13.2 Å². The van der Waals surface area contributed by atoms with Gasteiger partial charge in [0, 0.05) is 11.5 Å². The zero-order valence-electron chi connectivity index (χ0n) is 9.32. The van der Waals surface area contributed by atoms with Crippen LogP contribution in [0.2, 0.25) is 0 Å². The maximum Gasteiger partial charge on any atom is 0.123 e. The Labute approximate surface area is 91.5 Å². The second-order valence-electron chi connectivity index (χ2n) is 3.18. The molecule has 0 aliphatic heterocycles. The first-order valence-corrected chi connectivity index (χ1v) is 4.99. The molecule has 1 aromatic rings. The van der Waals surface area contributed by atoms with Crippen LogP contribution in [0.4, 0.5) is 0 Å². The van der Waals surface area contributed by atoms with Crippen molar-refractivity contribution in [2.24, 2.45) is 0 Å². The summed E-state index contributed by atoms with van der Waals surface area (Å²) in [5.41, 5.74) is 1.01. The van der Waals surface area contributed by atoms with Crippen molar-refractivity contribution < 1.29 is 9.47 Å². The Morgan fingerprint density at radius 1 is 1.47 bits per heavy atom. The van der Waals surface area contributed by atoms with Crippen molar-refractivity contribution in [3.8, 4) is 11.5 Å². The summed E-state index contributed by atoms with van der Waals surface area (Å²) in [7, 11) is 1.64. The van der Waals surface area contributed by atoms with Gasteiger partial charge in [-0.1, -0.05) is 6.08 Å². The van der Waals surface area contributed by atoms with Crippen molar-refractivity contribution in [3.63, 3.8) is 0 Å². The quantitative estimate of drug-likeness (QED) is 0.687. The van der Waals surface area contributed by atoms with E-state index in [0.717, 1.165) is 17.1 Å². The van der Waals surface area contributed by atoms with Gasteiger partial charge in [-0.2, -0.15) is 0 Å². The number of hydrogen-bond donors (Lipinski definition) is 0. The van der Waals surface area contributed by atoms with Crippen LogP contribution in [0.1, 0.15) is 18.4 Å². The molecule has 15 heavy (non-hydrogen) atoms. The van der Waals surface area contributed by atoms with E-state index in [1.165, 1.54) is 0 Å². The highest BCUT2D eigenvalue weighted by Crippen LogP contribution is 2.30. The largest absolute Gasteiger partial charge is 0.497 e. The van der Waals surface area contributed by atoms with Gasteiger partial charge in [-0.25, -0.2) is 0 Å². The first-order valence-electron chi connectivity index (χ1n) is 4.99. The maximum atomic E-state index is 5.52. The van der Waals surface area contributed by atoms with Gasteiger partial charge in [0.25, 0.3) is 0 Å². The standard InChI is InChI=1S/C13H17O2/c1-5-10(3)12-9-11(14-4)7-8-13(12)15-6-2/h5,7-10H,1,3,6H2,2,4H3. The van der Waals surface area contributed by atoms with E-state index in [2.05, 4.69) is 13.5 Å². The molecule has 0 N–H and O–H groups in total. The normalized spacial score (nSPS) is 11.9. The molecule has 2 nitrogen and oxygen atoms in total. The van der Waals surface area contributed by atoms with E-state index in [0.29, 0.717) is 6.61 Å². The van der Waals surface area contributed by atoms with Crippen LogP contribution < -0.4 is 9.47 Å². The molecule has 1 atom stereocenters. The fourth-order valence-electron chi connectivity index (χ4n) is 1.36. The van der Waals surface area contributed by atoms with Gasteiger partial charge in [-0.15, -0.1) is 6.58 Å². The van der Waals surface area contributed by atoms with Crippen molar-refractivity contribution in [1.82, 2.24) is 0 Å². The smallest absolute Gasteiger partial charge is 0.123 e. The van der Waals surface area contributed by atoms with Gasteiger partial charge >= 0.3 is 0 Å². The molecule has 0 heterocycles. The highest BCUT2D eigenvalue weighted by atomic mass is 16.5. The lowest BCUT2D eigenvalue weighted by molar-refractivity contribution is 0.335. The first kappa shape index (κ1) is 11.6. The SMILES string of the molecule is [CH2]C(C=C)c1cc(OC)ccc1OCC. The van der Waals surface area contributed by atoms with Gasteiger partial charge < -0.3 is 9.47 Å². The Morgan fingerprint density at radius 2 is 2.20 bits per heavy atom. The summed E-state index contributed by atoms with van der Waals surface area (Å²) in [5, 5.41) is 0. The fraction of sp³-hybridized carbons (Fsp3) is 0.308. The van der Waals surface area contributed by atoms with Crippen LogP contribution in [0, 0.1) is 6.92 Å². The molecule has 0 aromatic heterocycles. The number of methoxy groups -OCH3 is 1. The average Bonchev–Trinajstić information content (AvgIpc) is 2.29. The molecule has 0 bridgehead atoms. The van der Waals surface area contributed by atoms with Crippen LogP contribution in [0.25, 0.3) is 0 Å². The third kappa shape index (κ3) is 2.75. The van der Waals surface area contributed by atoms with Crippen LogP contribution in [0.5, 0.6) is 11.5 Å². The minimum Gasteiger partial charge on any atom is -0.497 e. The lowest BCUT2D eigenvalue weighted by Gasteiger charge is -2.14. The number of hydrogen-bond acceptors (Lipinski definition) is 2.